The third-order valence-electron chi connectivity index (χ3n) is 5.61. The van der Waals surface area contributed by atoms with Crippen LogP contribution in [0.3, 0.4) is 0 Å². The predicted molar refractivity (Wildman–Crippen MR) is 146 cm³/mol. The number of primary sulfonamides is 1. The Hall–Kier alpha value is -4.76. The largest absolute Gasteiger partial charge is 0.490 e. The van der Waals surface area contributed by atoms with Gasteiger partial charge in [0.15, 0.2) is 0 Å². The van der Waals surface area contributed by atoms with Crippen LogP contribution in [-0.4, -0.2) is 56.5 Å². The molecule has 224 valence electrons. The number of carbonyl (C=O) groups excluding carboxylic acids is 2. The predicted octanol–water partition coefficient (Wildman–Crippen LogP) is 2.74. The maximum Gasteiger partial charge on any atom is 0.490 e. The lowest BCUT2D eigenvalue weighted by atomic mass is 10.0. The standard InChI is InChI=1S/C25H26N4O5S.C2HF3O2/c1-15-6-11-22(35(28,32)33)20(12-15)17-7-9-18(10-8-17)24(30)29-21(25(31)34-2)14-16-4-3-5-19(13-16)23(26)27;3-2(4,5)1(6)7/h3-13,21H,14H2,1-2H3,(H3,26,27)(H,29,30)(H2,28,32,33);(H,6,7)/t21-;/m0./s1. The number of amidine groups is 1. The highest BCUT2D eigenvalue weighted by molar-refractivity contribution is 7.89. The minimum absolute atomic E-state index is 0.0150. The maximum atomic E-state index is 12.9. The molecule has 0 aliphatic heterocycles. The molecule has 0 saturated carbocycles. The van der Waals surface area contributed by atoms with Gasteiger partial charge < -0.3 is 20.9 Å². The molecule has 0 aliphatic carbocycles. The summed E-state index contributed by atoms with van der Waals surface area (Å²) >= 11 is 0. The number of aryl methyl sites for hydroxylation is 1. The van der Waals surface area contributed by atoms with Crippen molar-refractivity contribution in [3.8, 4) is 11.1 Å². The highest BCUT2D eigenvalue weighted by Gasteiger charge is 2.38. The Morgan fingerprint density at radius 3 is 2.12 bits per heavy atom. The second-order valence-electron chi connectivity index (χ2n) is 8.79. The van der Waals surface area contributed by atoms with Gasteiger partial charge in [0, 0.05) is 23.1 Å². The second-order valence-corrected chi connectivity index (χ2v) is 10.3. The number of nitrogen functional groups attached to an aromatic ring is 1. The van der Waals surface area contributed by atoms with Crippen molar-refractivity contribution >= 4 is 33.7 Å². The zero-order valence-corrected chi connectivity index (χ0v) is 23.0. The molecule has 0 fully saturated rings. The summed E-state index contributed by atoms with van der Waals surface area (Å²) in [6, 6.07) is 16.9. The molecule has 0 spiro atoms. The van der Waals surface area contributed by atoms with Crippen LogP contribution < -0.4 is 16.2 Å². The van der Waals surface area contributed by atoms with E-state index in [0.717, 1.165) is 5.56 Å². The summed E-state index contributed by atoms with van der Waals surface area (Å²) < 4.78 is 60.6. The first-order chi connectivity index (χ1) is 19.4. The van der Waals surface area contributed by atoms with Crippen LogP contribution in [0.15, 0.2) is 71.6 Å². The number of alkyl halides is 3. The van der Waals surface area contributed by atoms with E-state index < -0.39 is 40.1 Å². The van der Waals surface area contributed by atoms with E-state index in [4.69, 9.17) is 30.9 Å². The van der Waals surface area contributed by atoms with Crippen LogP contribution in [0.4, 0.5) is 13.2 Å². The van der Waals surface area contributed by atoms with Crippen molar-refractivity contribution in [1.29, 1.82) is 5.41 Å². The number of ether oxygens (including phenoxy) is 1. The molecule has 7 N–H and O–H groups in total. The van der Waals surface area contributed by atoms with Crippen molar-refractivity contribution in [3.05, 3.63) is 89.0 Å². The van der Waals surface area contributed by atoms with Crippen molar-refractivity contribution in [2.75, 3.05) is 7.11 Å². The molecule has 11 nitrogen and oxygen atoms in total. The molecule has 0 aliphatic rings. The second kappa shape index (κ2) is 13.7. The normalized spacial score (nSPS) is 11.9. The first-order valence-electron chi connectivity index (χ1n) is 11.8. The number of sulfonamides is 1. The van der Waals surface area contributed by atoms with Gasteiger partial charge in [0.05, 0.1) is 12.0 Å². The van der Waals surface area contributed by atoms with Crippen molar-refractivity contribution in [2.45, 2.75) is 30.5 Å². The molecule has 42 heavy (non-hydrogen) atoms. The van der Waals surface area contributed by atoms with E-state index in [-0.39, 0.29) is 22.7 Å². The topological polar surface area (TPSA) is 203 Å². The first kappa shape index (κ1) is 33.4. The number of carboxylic acids is 1. The summed E-state index contributed by atoms with van der Waals surface area (Å²) in [6.07, 6.45) is -4.95. The van der Waals surface area contributed by atoms with Gasteiger partial charge in [-0.25, -0.2) is 23.1 Å². The number of methoxy groups -OCH3 is 1. The first-order valence-corrected chi connectivity index (χ1v) is 13.3. The van der Waals surface area contributed by atoms with Gasteiger partial charge in [-0.1, -0.05) is 48.0 Å². The van der Waals surface area contributed by atoms with E-state index in [0.29, 0.717) is 22.3 Å². The van der Waals surface area contributed by atoms with Crippen LogP contribution in [0.1, 0.15) is 27.0 Å². The van der Waals surface area contributed by atoms with Crippen LogP contribution in [-0.2, 0) is 30.8 Å². The number of nitrogens with two attached hydrogens (primary N) is 2. The van der Waals surface area contributed by atoms with Crippen LogP contribution in [0.25, 0.3) is 11.1 Å². The molecule has 1 amide bonds. The molecule has 15 heteroatoms. The van der Waals surface area contributed by atoms with Crippen molar-refractivity contribution in [2.24, 2.45) is 10.9 Å². The molecule has 3 aromatic rings. The molecule has 3 rings (SSSR count). The Kier molecular flexibility index (Phi) is 10.9. The van der Waals surface area contributed by atoms with Gasteiger partial charge >= 0.3 is 18.1 Å². The number of amides is 1. The summed E-state index contributed by atoms with van der Waals surface area (Å²) in [5, 5.41) is 22.7. The third kappa shape index (κ3) is 9.42. The lowest BCUT2D eigenvalue weighted by Crippen LogP contribution is -2.43. The molecular weight excluding hydrogens is 581 g/mol. The number of nitrogens with one attached hydrogen (secondary N) is 2. The Balaban J connectivity index is 0.000000782. The average Bonchev–Trinajstić information content (AvgIpc) is 2.91. The molecule has 3 aromatic carbocycles. The number of aliphatic carboxylic acids is 1. The number of hydrogen-bond acceptors (Lipinski definition) is 7. The minimum Gasteiger partial charge on any atom is -0.475 e. The highest BCUT2D eigenvalue weighted by Crippen LogP contribution is 2.28. The zero-order chi connectivity index (χ0) is 31.8. The van der Waals surface area contributed by atoms with Crippen LogP contribution in [0.2, 0.25) is 0 Å². The summed E-state index contributed by atoms with van der Waals surface area (Å²) in [5.74, 6) is -4.00. The van der Waals surface area contributed by atoms with Gasteiger partial charge in [0.1, 0.15) is 11.9 Å². The van der Waals surface area contributed by atoms with Gasteiger partial charge in [-0.2, -0.15) is 13.2 Å². The van der Waals surface area contributed by atoms with E-state index in [2.05, 4.69) is 5.32 Å². The summed E-state index contributed by atoms with van der Waals surface area (Å²) in [6.45, 7) is 1.83. The van der Waals surface area contributed by atoms with E-state index >= 15 is 0 Å². The van der Waals surface area contributed by atoms with E-state index in [1.165, 1.54) is 25.3 Å². The van der Waals surface area contributed by atoms with Crippen LogP contribution in [0.5, 0.6) is 0 Å². The van der Waals surface area contributed by atoms with Crippen LogP contribution >= 0.6 is 0 Å². The number of hydrogen-bond donors (Lipinski definition) is 5. The monoisotopic (exact) mass is 608 g/mol. The molecule has 0 saturated heterocycles. The molecule has 0 heterocycles. The van der Waals surface area contributed by atoms with Crippen LogP contribution in [0, 0.1) is 12.3 Å². The maximum absolute atomic E-state index is 12.9. The number of esters is 1. The van der Waals surface area contributed by atoms with Crippen molar-refractivity contribution in [3.63, 3.8) is 0 Å². The average molecular weight is 609 g/mol. The fraction of sp³-hybridized carbons (Fsp3) is 0.185. The lowest BCUT2D eigenvalue weighted by molar-refractivity contribution is -0.192. The summed E-state index contributed by atoms with van der Waals surface area (Å²) in [7, 11) is -2.71. The fourth-order valence-corrected chi connectivity index (χ4v) is 4.34. The number of carbonyl (C=O) groups is 3. The Morgan fingerprint density at radius 1 is 1.02 bits per heavy atom. The Labute approximate surface area is 238 Å². The van der Waals surface area contributed by atoms with Crippen molar-refractivity contribution < 1.29 is 45.8 Å². The number of benzene rings is 3. The Bertz CT molecular complexity index is 1590. The van der Waals surface area contributed by atoms with Gasteiger partial charge in [-0.15, -0.1) is 0 Å². The number of halogens is 3. The smallest absolute Gasteiger partial charge is 0.475 e. The van der Waals surface area contributed by atoms with Gasteiger partial charge in [0.25, 0.3) is 5.91 Å². The van der Waals surface area contributed by atoms with Gasteiger partial charge in [-0.3, -0.25) is 10.2 Å². The molecule has 0 bridgehead atoms. The summed E-state index contributed by atoms with van der Waals surface area (Å²) in [4.78, 5) is 34.1. The quantitative estimate of drug-likeness (QED) is 0.146. The molecule has 1 atom stereocenters. The van der Waals surface area contributed by atoms with Crippen molar-refractivity contribution in [1.82, 2.24) is 5.32 Å². The number of carboxylic acid groups (broad SMARTS) is 1. The molecule has 0 aromatic heterocycles. The molecule has 0 radical (unpaired) electrons. The molecule has 0 unspecified atom stereocenters. The lowest BCUT2D eigenvalue weighted by Gasteiger charge is -2.17. The highest BCUT2D eigenvalue weighted by atomic mass is 32.2. The number of rotatable bonds is 8. The zero-order valence-electron chi connectivity index (χ0n) is 22.2. The van der Waals surface area contributed by atoms with E-state index in [1.807, 2.05) is 6.92 Å². The minimum atomic E-state index is -5.08. The van der Waals surface area contributed by atoms with E-state index in [1.54, 1.807) is 48.5 Å². The van der Waals surface area contributed by atoms with Gasteiger partial charge in [0.2, 0.25) is 10.0 Å². The SMILES string of the molecule is COC(=O)[C@H](Cc1cccc(C(=N)N)c1)NC(=O)c1ccc(-c2cc(C)ccc2S(N)(=O)=O)cc1.O=C(O)C(F)(F)F. The fourth-order valence-electron chi connectivity index (χ4n) is 3.60. The summed E-state index contributed by atoms with van der Waals surface area (Å²) in [5.41, 5.74) is 8.85. The molecular formula is C27H27F3N4O7S. The van der Waals surface area contributed by atoms with E-state index in [9.17, 15) is 31.2 Å². The van der Waals surface area contributed by atoms with Gasteiger partial charge in [-0.05, 0) is 42.3 Å². The third-order valence-corrected chi connectivity index (χ3v) is 6.58. The Morgan fingerprint density at radius 2 is 1.62 bits per heavy atom.